The number of aromatic nitrogens is 2. The fraction of sp³-hybridized carbons (Fsp3) is 0.714. The van der Waals surface area contributed by atoms with E-state index in [0.29, 0.717) is 24.2 Å². The molecule has 2 N–H and O–H groups in total. The number of nitrogens with one attached hydrogen (secondary N) is 2. The third kappa shape index (κ3) is 3.95. The third-order valence-electron chi connectivity index (χ3n) is 3.76. The topological polar surface area (TPSA) is 79.5 Å². The van der Waals surface area contributed by atoms with E-state index in [2.05, 4.69) is 20.2 Å². The van der Waals surface area contributed by atoms with Gasteiger partial charge in [0.2, 0.25) is 5.75 Å². The second-order valence-corrected chi connectivity index (χ2v) is 5.13. The number of nitrogens with zero attached hydrogens (tertiary/aromatic N) is 2. The molecule has 2 heterocycles. The molecule has 1 saturated heterocycles. The zero-order valence-electron chi connectivity index (χ0n) is 12.7. The minimum Gasteiger partial charge on any atom is -0.489 e. The van der Waals surface area contributed by atoms with Gasteiger partial charge in [0.25, 0.3) is 5.56 Å². The minimum absolute atomic E-state index is 0.237. The summed E-state index contributed by atoms with van der Waals surface area (Å²) in [6.45, 7) is 3.25. The summed E-state index contributed by atoms with van der Waals surface area (Å²) in [6.07, 6.45) is 4.81. The highest BCUT2D eigenvalue weighted by Crippen LogP contribution is 2.27. The highest BCUT2D eigenvalue weighted by molar-refractivity contribution is 5.52. The van der Waals surface area contributed by atoms with Crippen molar-refractivity contribution in [3.8, 4) is 5.75 Å². The normalized spacial score (nSPS) is 18.8. The molecule has 7 heteroatoms. The van der Waals surface area contributed by atoms with Crippen molar-refractivity contribution in [1.29, 1.82) is 0 Å². The lowest BCUT2D eigenvalue weighted by Gasteiger charge is -2.37. The van der Waals surface area contributed by atoms with Crippen LogP contribution in [0.5, 0.6) is 5.75 Å². The van der Waals surface area contributed by atoms with Gasteiger partial charge in [0, 0.05) is 32.8 Å². The highest BCUT2D eigenvalue weighted by Gasteiger charge is 2.26. The van der Waals surface area contributed by atoms with Crippen molar-refractivity contribution in [1.82, 2.24) is 15.3 Å². The summed E-state index contributed by atoms with van der Waals surface area (Å²) in [4.78, 5) is 20.9. The van der Waals surface area contributed by atoms with Crippen LogP contribution in [0.1, 0.15) is 19.3 Å². The van der Waals surface area contributed by atoms with Crippen LogP contribution in [0, 0.1) is 0 Å². The van der Waals surface area contributed by atoms with E-state index in [0.717, 1.165) is 32.5 Å². The molecule has 0 spiro atoms. The third-order valence-corrected chi connectivity index (χ3v) is 3.76. The predicted octanol–water partition coefficient (Wildman–Crippen LogP) is 0.373. The maximum Gasteiger partial charge on any atom is 0.295 e. The molecule has 0 aliphatic carbocycles. The molecule has 1 fully saturated rings. The zero-order chi connectivity index (χ0) is 15.1. The number of hydrogen-bond acceptors (Lipinski definition) is 6. The van der Waals surface area contributed by atoms with E-state index < -0.39 is 0 Å². The summed E-state index contributed by atoms with van der Waals surface area (Å²) in [7, 11) is 3.20. The van der Waals surface area contributed by atoms with Crippen LogP contribution in [-0.2, 0) is 4.74 Å². The molecule has 0 bridgehead atoms. The molecular weight excluding hydrogens is 272 g/mol. The van der Waals surface area contributed by atoms with Crippen molar-refractivity contribution in [3.63, 3.8) is 0 Å². The van der Waals surface area contributed by atoms with Gasteiger partial charge in [-0.2, -0.15) is 0 Å². The SMILES string of the molecule is COCCNCC1CCCCN1c1nc[nH]c(=O)c1OC. The average molecular weight is 296 g/mol. The first-order valence-corrected chi connectivity index (χ1v) is 7.36. The lowest BCUT2D eigenvalue weighted by Crippen LogP contribution is -2.47. The molecule has 2 rings (SSSR count). The molecule has 0 amide bonds. The lowest BCUT2D eigenvalue weighted by molar-refractivity contribution is 0.198. The number of anilines is 1. The van der Waals surface area contributed by atoms with Crippen LogP contribution in [0.15, 0.2) is 11.1 Å². The Kier molecular flexibility index (Phi) is 6.01. The molecule has 1 aromatic heterocycles. The number of hydrogen-bond donors (Lipinski definition) is 2. The van der Waals surface area contributed by atoms with E-state index in [1.807, 2.05) is 0 Å². The summed E-state index contributed by atoms with van der Waals surface area (Å²) in [6, 6.07) is 0.318. The van der Waals surface area contributed by atoms with E-state index in [4.69, 9.17) is 9.47 Å². The summed E-state index contributed by atoms with van der Waals surface area (Å²) in [5.74, 6) is 0.931. The number of methoxy groups -OCH3 is 2. The Bertz CT molecular complexity index is 491. The summed E-state index contributed by atoms with van der Waals surface area (Å²) in [5, 5.41) is 3.39. The first-order valence-electron chi connectivity index (χ1n) is 7.36. The van der Waals surface area contributed by atoms with Crippen molar-refractivity contribution in [2.75, 3.05) is 45.4 Å². The quantitative estimate of drug-likeness (QED) is 0.708. The van der Waals surface area contributed by atoms with Crippen LogP contribution in [-0.4, -0.2) is 56.5 Å². The van der Waals surface area contributed by atoms with Gasteiger partial charge < -0.3 is 24.7 Å². The summed E-state index contributed by atoms with van der Waals surface area (Å²) < 4.78 is 10.3. The predicted molar refractivity (Wildman–Crippen MR) is 81.1 cm³/mol. The number of aromatic amines is 1. The van der Waals surface area contributed by atoms with Crippen LogP contribution < -0.4 is 20.5 Å². The number of ether oxygens (including phenoxy) is 2. The van der Waals surface area contributed by atoms with Gasteiger partial charge in [0.05, 0.1) is 20.0 Å². The highest BCUT2D eigenvalue weighted by atomic mass is 16.5. The number of rotatable bonds is 7. The molecule has 7 nitrogen and oxygen atoms in total. The van der Waals surface area contributed by atoms with E-state index >= 15 is 0 Å². The molecule has 1 unspecified atom stereocenters. The molecule has 1 aliphatic heterocycles. The molecule has 118 valence electrons. The van der Waals surface area contributed by atoms with Crippen molar-refractivity contribution in [2.24, 2.45) is 0 Å². The second kappa shape index (κ2) is 7.99. The molecule has 1 aliphatic rings. The Morgan fingerprint density at radius 2 is 2.33 bits per heavy atom. The van der Waals surface area contributed by atoms with Crippen LogP contribution in [0.4, 0.5) is 5.82 Å². The van der Waals surface area contributed by atoms with E-state index in [1.54, 1.807) is 7.11 Å². The molecular formula is C14H24N4O3. The van der Waals surface area contributed by atoms with Gasteiger partial charge in [0.1, 0.15) is 0 Å². The van der Waals surface area contributed by atoms with E-state index in [-0.39, 0.29) is 5.56 Å². The van der Waals surface area contributed by atoms with Crippen molar-refractivity contribution in [3.05, 3.63) is 16.7 Å². The van der Waals surface area contributed by atoms with Crippen molar-refractivity contribution < 1.29 is 9.47 Å². The van der Waals surface area contributed by atoms with Crippen LogP contribution >= 0.6 is 0 Å². The van der Waals surface area contributed by atoms with Crippen molar-refractivity contribution >= 4 is 5.82 Å². The van der Waals surface area contributed by atoms with Crippen LogP contribution in [0.3, 0.4) is 0 Å². The van der Waals surface area contributed by atoms with Gasteiger partial charge in [-0.1, -0.05) is 0 Å². The Morgan fingerprint density at radius 3 is 3.10 bits per heavy atom. The van der Waals surface area contributed by atoms with Gasteiger partial charge in [-0.3, -0.25) is 4.79 Å². The summed E-state index contributed by atoms with van der Waals surface area (Å²) in [5.41, 5.74) is -0.237. The molecule has 0 saturated carbocycles. The van der Waals surface area contributed by atoms with E-state index in [1.165, 1.54) is 19.9 Å². The Balaban J connectivity index is 2.11. The summed E-state index contributed by atoms with van der Waals surface area (Å²) >= 11 is 0. The number of piperidine rings is 1. The van der Waals surface area contributed by atoms with Gasteiger partial charge in [0.15, 0.2) is 5.82 Å². The maximum atomic E-state index is 11.8. The van der Waals surface area contributed by atoms with Crippen LogP contribution in [0.2, 0.25) is 0 Å². The van der Waals surface area contributed by atoms with Gasteiger partial charge in [-0.15, -0.1) is 0 Å². The first kappa shape index (κ1) is 15.8. The first-order chi connectivity index (χ1) is 10.3. The fourth-order valence-corrected chi connectivity index (χ4v) is 2.70. The molecule has 1 aromatic rings. The molecule has 0 aromatic carbocycles. The van der Waals surface area contributed by atoms with E-state index in [9.17, 15) is 4.79 Å². The Morgan fingerprint density at radius 1 is 1.48 bits per heavy atom. The van der Waals surface area contributed by atoms with Crippen molar-refractivity contribution in [2.45, 2.75) is 25.3 Å². The van der Waals surface area contributed by atoms with Gasteiger partial charge in [-0.25, -0.2) is 4.98 Å². The second-order valence-electron chi connectivity index (χ2n) is 5.13. The van der Waals surface area contributed by atoms with Gasteiger partial charge >= 0.3 is 0 Å². The largest absolute Gasteiger partial charge is 0.489 e. The molecule has 21 heavy (non-hydrogen) atoms. The average Bonchev–Trinajstić information content (AvgIpc) is 2.52. The standard InChI is InChI=1S/C14H24N4O3/c1-20-8-6-15-9-11-5-3-4-7-18(11)13-12(21-2)14(19)17-10-16-13/h10-11,15H,3-9H2,1-2H3,(H,16,17,19). The fourth-order valence-electron chi connectivity index (χ4n) is 2.70. The molecule has 0 radical (unpaired) electrons. The molecule has 1 atom stereocenters. The Hall–Kier alpha value is -1.60. The number of H-pyrrole nitrogens is 1. The maximum absolute atomic E-state index is 11.8. The monoisotopic (exact) mass is 296 g/mol. The lowest BCUT2D eigenvalue weighted by atomic mass is 10.0. The zero-order valence-corrected chi connectivity index (χ0v) is 12.7. The van der Waals surface area contributed by atoms with Gasteiger partial charge in [-0.05, 0) is 19.3 Å². The Labute approximate surface area is 124 Å². The van der Waals surface area contributed by atoms with Crippen LogP contribution in [0.25, 0.3) is 0 Å². The smallest absolute Gasteiger partial charge is 0.295 e. The minimum atomic E-state index is -0.237.